The maximum atomic E-state index is 13.2. The second kappa shape index (κ2) is 8.10. The Kier molecular flexibility index (Phi) is 5.26. The zero-order valence-corrected chi connectivity index (χ0v) is 18.5. The number of aryl methyl sites for hydroxylation is 1. The van der Waals surface area contributed by atoms with E-state index in [0.29, 0.717) is 36.9 Å². The smallest absolute Gasteiger partial charge is 0.243 e. The number of benzene rings is 2. The number of carbonyl (C=O) groups excluding carboxylic acids is 1. The molecule has 2 heterocycles. The molecular formula is C22H24N6O3S. The van der Waals surface area contributed by atoms with Crippen molar-refractivity contribution in [1.82, 2.24) is 24.5 Å². The Morgan fingerprint density at radius 2 is 1.88 bits per heavy atom. The standard InChI is InChI=1S/C22H24N6O3S/c1-15-7-11-19(12-8-15)32(30,31)27-13-3-6-20(27)22(29)23-17-5-2-4-16(14-17)21-24-25-26-28(21)18-9-10-18/h2,4-5,7-8,11-12,14,18,20H,3,6,9-10,13H2,1H3,(H,23,29)/t20-/m0/s1. The van der Waals surface area contributed by atoms with Crippen LogP contribution in [-0.4, -0.2) is 51.4 Å². The average molecular weight is 453 g/mol. The molecule has 0 unspecified atom stereocenters. The molecule has 2 fully saturated rings. The van der Waals surface area contributed by atoms with Crippen LogP contribution in [0.3, 0.4) is 0 Å². The van der Waals surface area contributed by atoms with Crippen LogP contribution in [0.2, 0.25) is 0 Å². The third kappa shape index (κ3) is 3.91. The molecule has 2 aliphatic rings. The third-order valence-corrected chi connectivity index (χ3v) is 7.83. The fourth-order valence-corrected chi connectivity index (χ4v) is 5.70. The molecule has 0 spiro atoms. The van der Waals surface area contributed by atoms with Crippen molar-refractivity contribution in [2.75, 3.05) is 11.9 Å². The lowest BCUT2D eigenvalue weighted by atomic mass is 10.1. The summed E-state index contributed by atoms with van der Waals surface area (Å²) in [5.74, 6) is 0.324. The predicted octanol–water partition coefficient (Wildman–Crippen LogP) is 2.78. The van der Waals surface area contributed by atoms with Crippen LogP contribution in [0.15, 0.2) is 53.4 Å². The maximum Gasteiger partial charge on any atom is 0.243 e. The van der Waals surface area contributed by atoms with Gasteiger partial charge in [-0.1, -0.05) is 29.8 Å². The molecule has 2 aromatic carbocycles. The van der Waals surface area contributed by atoms with Crippen molar-refractivity contribution in [3.05, 3.63) is 54.1 Å². The number of nitrogens with one attached hydrogen (secondary N) is 1. The summed E-state index contributed by atoms with van der Waals surface area (Å²) in [6, 6.07) is 13.6. The van der Waals surface area contributed by atoms with Gasteiger partial charge >= 0.3 is 0 Å². The summed E-state index contributed by atoms with van der Waals surface area (Å²) in [5, 5.41) is 14.9. The number of carbonyl (C=O) groups is 1. The number of anilines is 1. The summed E-state index contributed by atoms with van der Waals surface area (Å²) < 4.78 is 29.4. The minimum Gasteiger partial charge on any atom is -0.325 e. The van der Waals surface area contributed by atoms with Crippen LogP contribution in [0.1, 0.15) is 37.3 Å². The lowest BCUT2D eigenvalue weighted by molar-refractivity contribution is -0.119. The molecule has 1 saturated heterocycles. The zero-order valence-electron chi connectivity index (χ0n) is 17.7. The van der Waals surface area contributed by atoms with Crippen molar-refractivity contribution in [2.45, 2.75) is 49.6 Å². The molecule has 0 bridgehead atoms. The lowest BCUT2D eigenvalue weighted by Gasteiger charge is -2.23. The SMILES string of the molecule is Cc1ccc(S(=O)(=O)N2CCC[C@H]2C(=O)Nc2cccc(-c3nnnn3C3CC3)c2)cc1. The molecule has 1 aliphatic heterocycles. The number of amides is 1. The maximum absolute atomic E-state index is 13.2. The van der Waals surface area contributed by atoms with Gasteiger partial charge in [-0.05, 0) is 67.3 Å². The van der Waals surface area contributed by atoms with Crippen molar-refractivity contribution in [1.29, 1.82) is 0 Å². The van der Waals surface area contributed by atoms with Gasteiger partial charge in [-0.15, -0.1) is 5.10 Å². The quantitative estimate of drug-likeness (QED) is 0.616. The van der Waals surface area contributed by atoms with E-state index < -0.39 is 16.1 Å². The van der Waals surface area contributed by atoms with Gasteiger partial charge in [0.05, 0.1) is 10.9 Å². The van der Waals surface area contributed by atoms with E-state index >= 15 is 0 Å². The molecule has 5 rings (SSSR count). The number of tetrazole rings is 1. The summed E-state index contributed by atoms with van der Waals surface area (Å²) in [5.41, 5.74) is 2.36. The van der Waals surface area contributed by atoms with Gasteiger partial charge in [0.1, 0.15) is 6.04 Å². The van der Waals surface area contributed by atoms with Crippen LogP contribution in [0.25, 0.3) is 11.4 Å². The first-order valence-electron chi connectivity index (χ1n) is 10.7. The van der Waals surface area contributed by atoms with Gasteiger partial charge < -0.3 is 5.32 Å². The van der Waals surface area contributed by atoms with E-state index in [1.165, 1.54) is 4.31 Å². The van der Waals surface area contributed by atoms with Crippen LogP contribution < -0.4 is 5.32 Å². The van der Waals surface area contributed by atoms with E-state index in [1.807, 2.05) is 29.8 Å². The van der Waals surface area contributed by atoms with E-state index in [-0.39, 0.29) is 10.8 Å². The summed E-state index contributed by atoms with van der Waals surface area (Å²) in [4.78, 5) is 13.3. The number of hydrogen-bond donors (Lipinski definition) is 1. The highest BCUT2D eigenvalue weighted by atomic mass is 32.2. The van der Waals surface area contributed by atoms with Crippen LogP contribution in [0.5, 0.6) is 0 Å². The first-order chi connectivity index (χ1) is 15.4. The van der Waals surface area contributed by atoms with Gasteiger partial charge in [-0.2, -0.15) is 4.31 Å². The Balaban J connectivity index is 1.35. The van der Waals surface area contributed by atoms with Crippen molar-refractivity contribution in [3.63, 3.8) is 0 Å². The fourth-order valence-electron chi connectivity index (χ4n) is 4.05. The molecule has 166 valence electrons. The Morgan fingerprint density at radius 1 is 1.09 bits per heavy atom. The molecule has 1 aromatic heterocycles. The molecule has 1 atom stereocenters. The fraction of sp³-hybridized carbons (Fsp3) is 0.364. The monoisotopic (exact) mass is 452 g/mol. The Morgan fingerprint density at radius 3 is 2.62 bits per heavy atom. The predicted molar refractivity (Wildman–Crippen MR) is 118 cm³/mol. The van der Waals surface area contributed by atoms with Crippen LogP contribution in [0.4, 0.5) is 5.69 Å². The van der Waals surface area contributed by atoms with E-state index in [1.54, 1.807) is 30.3 Å². The Labute approximate surface area is 186 Å². The molecule has 1 aliphatic carbocycles. The van der Waals surface area contributed by atoms with Gasteiger partial charge in [0.2, 0.25) is 15.9 Å². The molecule has 3 aromatic rings. The molecule has 32 heavy (non-hydrogen) atoms. The van der Waals surface area contributed by atoms with Crippen LogP contribution >= 0.6 is 0 Å². The van der Waals surface area contributed by atoms with E-state index in [9.17, 15) is 13.2 Å². The summed E-state index contributed by atoms with van der Waals surface area (Å²) in [7, 11) is -3.75. The van der Waals surface area contributed by atoms with Crippen molar-refractivity contribution in [3.8, 4) is 11.4 Å². The molecule has 9 nitrogen and oxygen atoms in total. The summed E-state index contributed by atoms with van der Waals surface area (Å²) in [6.07, 6.45) is 3.23. The first-order valence-corrected chi connectivity index (χ1v) is 12.2. The van der Waals surface area contributed by atoms with E-state index in [0.717, 1.165) is 24.0 Å². The average Bonchev–Trinajstić information content (AvgIpc) is 3.29. The first kappa shape index (κ1) is 20.8. The highest BCUT2D eigenvalue weighted by molar-refractivity contribution is 7.89. The summed E-state index contributed by atoms with van der Waals surface area (Å²) in [6.45, 7) is 2.23. The van der Waals surface area contributed by atoms with E-state index in [2.05, 4.69) is 20.8 Å². The third-order valence-electron chi connectivity index (χ3n) is 5.91. The molecule has 1 N–H and O–H groups in total. The molecule has 1 saturated carbocycles. The highest BCUT2D eigenvalue weighted by Crippen LogP contribution is 2.37. The van der Waals surface area contributed by atoms with Crippen molar-refractivity contribution in [2.24, 2.45) is 0 Å². The lowest BCUT2D eigenvalue weighted by Crippen LogP contribution is -2.43. The number of nitrogens with zero attached hydrogens (tertiary/aromatic N) is 5. The number of hydrogen-bond acceptors (Lipinski definition) is 6. The van der Waals surface area contributed by atoms with Gasteiger partial charge in [0, 0.05) is 17.8 Å². The van der Waals surface area contributed by atoms with Crippen LogP contribution in [0, 0.1) is 6.92 Å². The Bertz CT molecular complexity index is 1250. The van der Waals surface area contributed by atoms with Gasteiger partial charge in [-0.25, -0.2) is 13.1 Å². The highest BCUT2D eigenvalue weighted by Gasteiger charge is 2.39. The molecule has 0 radical (unpaired) electrons. The molecule has 1 amide bonds. The normalized spacial score (nSPS) is 19.2. The van der Waals surface area contributed by atoms with Crippen molar-refractivity contribution < 1.29 is 13.2 Å². The van der Waals surface area contributed by atoms with E-state index in [4.69, 9.17) is 0 Å². The molecule has 10 heteroatoms. The van der Waals surface area contributed by atoms with Crippen LogP contribution in [-0.2, 0) is 14.8 Å². The number of rotatable bonds is 6. The Hall–Kier alpha value is -3.11. The van der Waals surface area contributed by atoms with Gasteiger partial charge in [0.25, 0.3) is 0 Å². The zero-order chi connectivity index (χ0) is 22.3. The minimum absolute atomic E-state index is 0.205. The second-order valence-electron chi connectivity index (χ2n) is 8.34. The van der Waals surface area contributed by atoms with Crippen molar-refractivity contribution >= 4 is 21.6 Å². The van der Waals surface area contributed by atoms with Gasteiger partial charge in [0.15, 0.2) is 5.82 Å². The molecular weight excluding hydrogens is 428 g/mol. The largest absolute Gasteiger partial charge is 0.325 e. The number of sulfonamides is 1. The summed E-state index contributed by atoms with van der Waals surface area (Å²) >= 11 is 0. The minimum atomic E-state index is -3.75. The topological polar surface area (TPSA) is 110 Å². The van der Waals surface area contributed by atoms with Gasteiger partial charge in [-0.3, -0.25) is 4.79 Å². The number of aromatic nitrogens is 4. The second-order valence-corrected chi connectivity index (χ2v) is 10.2.